The van der Waals surface area contributed by atoms with Crippen LogP contribution in [0.4, 0.5) is 5.69 Å². The topological polar surface area (TPSA) is 51.5 Å². The van der Waals surface area contributed by atoms with Crippen LogP contribution in [0.2, 0.25) is 0 Å². The van der Waals surface area contributed by atoms with Crippen molar-refractivity contribution in [2.45, 2.75) is 51.8 Å². The second kappa shape index (κ2) is 9.15. The lowest BCUT2D eigenvalue weighted by atomic mass is 10.1. The molecule has 6 nitrogen and oxygen atoms in total. The zero-order valence-corrected chi connectivity index (χ0v) is 19.6. The lowest BCUT2D eigenvalue weighted by molar-refractivity contribution is -0.00272. The SMILES string of the molecule is C=C(OC(C)(C)C)N1CCCC(Nc2ccc3c(cnn3Cc3ccc(OC)cc3)c2)C1. The van der Waals surface area contributed by atoms with E-state index in [1.807, 2.05) is 23.0 Å². The number of hydrogen-bond acceptors (Lipinski definition) is 5. The Balaban J connectivity index is 1.41. The first-order chi connectivity index (χ1) is 15.3. The highest BCUT2D eigenvalue weighted by Gasteiger charge is 2.24. The summed E-state index contributed by atoms with van der Waals surface area (Å²) in [7, 11) is 1.68. The molecule has 6 heteroatoms. The van der Waals surface area contributed by atoms with Gasteiger partial charge in [-0.3, -0.25) is 4.68 Å². The Bertz CT molecular complexity index is 1070. The molecular formula is C26H34N4O2. The van der Waals surface area contributed by atoms with Crippen LogP contribution in [0.15, 0.2) is 61.1 Å². The van der Waals surface area contributed by atoms with Gasteiger partial charge in [0.2, 0.25) is 0 Å². The van der Waals surface area contributed by atoms with Crippen LogP contribution in [0.25, 0.3) is 10.9 Å². The number of aromatic nitrogens is 2. The van der Waals surface area contributed by atoms with Gasteiger partial charge in [0.05, 0.1) is 25.4 Å². The Labute approximate surface area is 190 Å². The van der Waals surface area contributed by atoms with Gasteiger partial charge in [-0.2, -0.15) is 5.10 Å². The Morgan fingerprint density at radius 2 is 1.97 bits per heavy atom. The minimum absolute atomic E-state index is 0.228. The number of ether oxygens (including phenoxy) is 2. The molecule has 0 aliphatic carbocycles. The first-order valence-corrected chi connectivity index (χ1v) is 11.3. The Morgan fingerprint density at radius 3 is 2.69 bits per heavy atom. The zero-order valence-electron chi connectivity index (χ0n) is 19.6. The summed E-state index contributed by atoms with van der Waals surface area (Å²) in [5.41, 5.74) is 3.21. The predicted octanol–water partition coefficient (Wildman–Crippen LogP) is 5.26. The van der Waals surface area contributed by atoms with Crippen molar-refractivity contribution >= 4 is 16.6 Å². The van der Waals surface area contributed by atoms with Gasteiger partial charge in [0.1, 0.15) is 11.4 Å². The minimum Gasteiger partial charge on any atom is -0.497 e. The van der Waals surface area contributed by atoms with Crippen molar-refractivity contribution in [2.24, 2.45) is 0 Å². The van der Waals surface area contributed by atoms with Gasteiger partial charge in [-0.15, -0.1) is 0 Å². The highest BCUT2D eigenvalue weighted by atomic mass is 16.5. The third-order valence-corrected chi connectivity index (χ3v) is 5.70. The summed E-state index contributed by atoms with van der Waals surface area (Å²) in [4.78, 5) is 2.25. The fraction of sp³-hybridized carbons (Fsp3) is 0.423. The van der Waals surface area contributed by atoms with Gasteiger partial charge in [-0.1, -0.05) is 12.1 Å². The molecular weight excluding hydrogens is 400 g/mol. The lowest BCUT2D eigenvalue weighted by Crippen LogP contribution is -2.42. The molecule has 0 saturated carbocycles. The number of likely N-dealkylation sites (tertiary alicyclic amines) is 1. The van der Waals surface area contributed by atoms with Crippen LogP contribution in [0, 0.1) is 0 Å². The zero-order chi connectivity index (χ0) is 22.7. The van der Waals surface area contributed by atoms with Gasteiger partial charge in [0.15, 0.2) is 5.88 Å². The van der Waals surface area contributed by atoms with E-state index in [0.29, 0.717) is 6.04 Å². The lowest BCUT2D eigenvalue weighted by Gasteiger charge is -2.37. The molecule has 1 aliphatic heterocycles. The van der Waals surface area contributed by atoms with Crippen molar-refractivity contribution in [2.75, 3.05) is 25.5 Å². The molecule has 1 atom stereocenters. The molecule has 170 valence electrons. The van der Waals surface area contributed by atoms with E-state index in [0.717, 1.165) is 60.7 Å². The van der Waals surface area contributed by atoms with E-state index < -0.39 is 0 Å². The molecule has 0 bridgehead atoms. The molecule has 32 heavy (non-hydrogen) atoms. The van der Waals surface area contributed by atoms with Crippen LogP contribution in [0.3, 0.4) is 0 Å². The summed E-state index contributed by atoms with van der Waals surface area (Å²) in [6.45, 7) is 12.9. The van der Waals surface area contributed by atoms with Gasteiger partial charge < -0.3 is 19.7 Å². The average molecular weight is 435 g/mol. The average Bonchev–Trinajstić information content (AvgIpc) is 3.15. The molecule has 2 aromatic carbocycles. The van der Waals surface area contributed by atoms with Crippen LogP contribution >= 0.6 is 0 Å². The smallest absolute Gasteiger partial charge is 0.182 e. The number of hydrogen-bond donors (Lipinski definition) is 1. The number of fused-ring (bicyclic) bond motifs is 1. The number of nitrogens with one attached hydrogen (secondary N) is 1. The van der Waals surface area contributed by atoms with Crippen molar-refractivity contribution in [3.8, 4) is 5.75 Å². The van der Waals surface area contributed by atoms with Crippen LogP contribution in [0.1, 0.15) is 39.2 Å². The number of rotatable bonds is 7. The monoisotopic (exact) mass is 434 g/mol. The summed E-state index contributed by atoms with van der Waals surface area (Å²) in [5, 5.41) is 9.45. The molecule has 1 saturated heterocycles. The first-order valence-electron chi connectivity index (χ1n) is 11.3. The molecule has 3 aromatic rings. The van der Waals surface area contributed by atoms with Gasteiger partial charge in [-0.05, 0) is 76.1 Å². The summed E-state index contributed by atoms with van der Waals surface area (Å²) >= 11 is 0. The maximum atomic E-state index is 5.98. The predicted molar refractivity (Wildman–Crippen MR) is 130 cm³/mol. The fourth-order valence-corrected chi connectivity index (χ4v) is 4.18. The van der Waals surface area contributed by atoms with Crippen molar-refractivity contribution in [3.05, 3.63) is 66.7 Å². The summed E-state index contributed by atoms with van der Waals surface area (Å²) in [6, 6.07) is 15.0. The third kappa shape index (κ3) is 5.36. The summed E-state index contributed by atoms with van der Waals surface area (Å²) < 4.78 is 13.3. The molecule has 1 fully saturated rings. The van der Waals surface area contributed by atoms with Crippen molar-refractivity contribution < 1.29 is 9.47 Å². The number of anilines is 1. The van der Waals surface area contributed by atoms with E-state index in [1.165, 1.54) is 5.56 Å². The Kier molecular flexibility index (Phi) is 6.31. The molecule has 0 radical (unpaired) electrons. The fourth-order valence-electron chi connectivity index (χ4n) is 4.18. The highest BCUT2D eigenvalue weighted by molar-refractivity contribution is 5.82. The van der Waals surface area contributed by atoms with Crippen molar-refractivity contribution in [3.63, 3.8) is 0 Å². The normalized spacial score (nSPS) is 16.8. The largest absolute Gasteiger partial charge is 0.497 e. The van der Waals surface area contributed by atoms with Gasteiger partial charge in [0, 0.05) is 30.2 Å². The molecule has 0 spiro atoms. The third-order valence-electron chi connectivity index (χ3n) is 5.70. The van der Waals surface area contributed by atoms with E-state index in [1.54, 1.807) is 7.11 Å². The number of benzene rings is 2. The van der Waals surface area contributed by atoms with Crippen molar-refractivity contribution in [1.29, 1.82) is 0 Å². The molecule has 1 unspecified atom stereocenters. The Hall–Kier alpha value is -3.15. The molecule has 4 rings (SSSR count). The maximum Gasteiger partial charge on any atom is 0.182 e. The summed E-state index contributed by atoms with van der Waals surface area (Å²) in [5.74, 6) is 1.63. The minimum atomic E-state index is -0.228. The van der Waals surface area contributed by atoms with E-state index in [2.05, 4.69) is 73.0 Å². The maximum absolute atomic E-state index is 5.98. The standard InChI is InChI=1S/C26H34N4O2/c1-19(32-26(2,3)4)29-14-6-7-23(18-29)28-22-10-13-25-21(15-22)16-27-30(25)17-20-8-11-24(31-5)12-9-20/h8-13,15-16,23,28H,1,6-7,14,17-18H2,2-5H3. The van der Waals surface area contributed by atoms with Crippen LogP contribution in [0.5, 0.6) is 5.75 Å². The van der Waals surface area contributed by atoms with E-state index >= 15 is 0 Å². The number of piperidine rings is 1. The molecule has 1 N–H and O–H groups in total. The second-order valence-corrected chi connectivity index (χ2v) is 9.46. The highest BCUT2D eigenvalue weighted by Crippen LogP contribution is 2.25. The molecule has 2 heterocycles. The van der Waals surface area contributed by atoms with Gasteiger partial charge in [0.25, 0.3) is 0 Å². The quantitative estimate of drug-likeness (QED) is 0.514. The van der Waals surface area contributed by atoms with Crippen molar-refractivity contribution in [1.82, 2.24) is 14.7 Å². The van der Waals surface area contributed by atoms with Crippen LogP contribution in [-0.4, -0.2) is 46.5 Å². The van der Waals surface area contributed by atoms with E-state index in [-0.39, 0.29) is 5.60 Å². The molecule has 1 aliphatic rings. The first kappa shape index (κ1) is 22.1. The molecule has 0 amide bonds. The van der Waals surface area contributed by atoms with E-state index in [9.17, 15) is 0 Å². The number of methoxy groups -OCH3 is 1. The van der Waals surface area contributed by atoms with Gasteiger partial charge >= 0.3 is 0 Å². The molecule has 1 aromatic heterocycles. The van der Waals surface area contributed by atoms with Gasteiger partial charge in [-0.25, -0.2) is 0 Å². The van der Waals surface area contributed by atoms with E-state index in [4.69, 9.17) is 9.47 Å². The second-order valence-electron chi connectivity index (χ2n) is 9.46. The number of nitrogens with zero attached hydrogens (tertiary/aromatic N) is 3. The van der Waals surface area contributed by atoms with Crippen LogP contribution < -0.4 is 10.1 Å². The summed E-state index contributed by atoms with van der Waals surface area (Å²) in [6.07, 6.45) is 4.19. The van der Waals surface area contributed by atoms with Crippen LogP contribution in [-0.2, 0) is 11.3 Å². The Morgan fingerprint density at radius 1 is 1.19 bits per heavy atom.